The summed E-state index contributed by atoms with van der Waals surface area (Å²) in [6.07, 6.45) is 5.22. The van der Waals surface area contributed by atoms with Gasteiger partial charge in [-0.1, -0.05) is 25.0 Å². The highest BCUT2D eigenvalue weighted by Crippen LogP contribution is 2.41. The van der Waals surface area contributed by atoms with Crippen LogP contribution in [-0.4, -0.2) is 64.1 Å². The van der Waals surface area contributed by atoms with Crippen LogP contribution in [0.4, 0.5) is 5.69 Å². The number of hydrogen-bond acceptors (Lipinski definition) is 7. The van der Waals surface area contributed by atoms with Crippen LogP contribution in [0.3, 0.4) is 0 Å². The molecule has 10 heteroatoms. The number of aryl methyl sites for hydroxylation is 1. The monoisotopic (exact) mass is 495 g/mol. The molecule has 3 heterocycles. The molecule has 2 fully saturated rings. The van der Waals surface area contributed by atoms with Crippen molar-refractivity contribution in [1.82, 2.24) is 20.0 Å². The number of carboxylic acid groups (broad SMARTS) is 1. The minimum absolute atomic E-state index is 0.168. The second-order valence-corrected chi connectivity index (χ2v) is 11.7. The molecular weight excluding hydrogens is 466 g/mol. The molecular formula is C25H29N5O4S. The molecule has 1 aliphatic carbocycles. The molecule has 3 aromatic rings. The Morgan fingerprint density at radius 2 is 1.71 bits per heavy atom. The minimum Gasteiger partial charge on any atom is -0.481 e. The van der Waals surface area contributed by atoms with Crippen molar-refractivity contribution in [2.24, 2.45) is 5.92 Å². The van der Waals surface area contributed by atoms with Crippen LogP contribution in [0.25, 0.3) is 16.9 Å². The van der Waals surface area contributed by atoms with Gasteiger partial charge in [0.15, 0.2) is 15.7 Å². The van der Waals surface area contributed by atoms with Crippen LogP contribution in [0, 0.1) is 12.8 Å². The molecule has 5 rings (SSSR count). The molecule has 1 N–H and O–H groups in total. The fourth-order valence-corrected chi connectivity index (χ4v) is 6.29. The van der Waals surface area contributed by atoms with Gasteiger partial charge in [0.05, 0.1) is 28.8 Å². The first kappa shape index (κ1) is 23.5. The van der Waals surface area contributed by atoms with Gasteiger partial charge in [-0.25, -0.2) is 13.1 Å². The molecule has 35 heavy (non-hydrogen) atoms. The molecule has 0 radical (unpaired) electrons. The average Bonchev–Trinajstić information content (AvgIpc) is 3.30. The van der Waals surface area contributed by atoms with Crippen LogP contribution >= 0.6 is 0 Å². The average molecular weight is 496 g/mol. The first-order valence-corrected chi connectivity index (χ1v) is 13.8. The van der Waals surface area contributed by atoms with Crippen LogP contribution < -0.4 is 4.90 Å². The number of carbonyl (C=O) groups is 1. The van der Waals surface area contributed by atoms with Crippen LogP contribution in [0.2, 0.25) is 0 Å². The molecule has 0 amide bonds. The van der Waals surface area contributed by atoms with E-state index in [1.807, 2.05) is 49.5 Å². The molecule has 1 saturated carbocycles. The van der Waals surface area contributed by atoms with E-state index in [0.29, 0.717) is 25.3 Å². The zero-order chi connectivity index (χ0) is 24.6. The first-order chi connectivity index (χ1) is 16.8. The molecule has 0 spiro atoms. The lowest BCUT2D eigenvalue weighted by Crippen LogP contribution is -2.40. The summed E-state index contributed by atoms with van der Waals surface area (Å²) in [5, 5.41) is 23.1. The SMILES string of the molecule is Cc1ccc(-n2cc(-c3ccc(N4CCS(=O)(=O)CC4)cc3)c([C@@H]3CCCC[C@H]3C(=O)O)n2)nn1. The van der Waals surface area contributed by atoms with Gasteiger partial charge < -0.3 is 10.0 Å². The van der Waals surface area contributed by atoms with Gasteiger partial charge in [-0.2, -0.15) is 10.2 Å². The maximum Gasteiger partial charge on any atom is 0.307 e. The highest BCUT2D eigenvalue weighted by molar-refractivity contribution is 7.91. The molecule has 0 unspecified atom stereocenters. The Labute approximate surface area is 204 Å². The molecule has 1 aromatic carbocycles. The lowest BCUT2D eigenvalue weighted by atomic mass is 9.76. The molecule has 0 bridgehead atoms. The Kier molecular flexibility index (Phi) is 6.31. The predicted molar refractivity (Wildman–Crippen MR) is 133 cm³/mol. The van der Waals surface area contributed by atoms with E-state index in [4.69, 9.17) is 5.10 Å². The van der Waals surface area contributed by atoms with E-state index in [9.17, 15) is 18.3 Å². The van der Waals surface area contributed by atoms with Crippen LogP contribution in [0.5, 0.6) is 0 Å². The molecule has 1 aliphatic heterocycles. The van der Waals surface area contributed by atoms with E-state index in [0.717, 1.165) is 47.5 Å². The zero-order valence-corrected chi connectivity index (χ0v) is 20.5. The number of benzene rings is 1. The topological polar surface area (TPSA) is 118 Å². The van der Waals surface area contributed by atoms with E-state index < -0.39 is 21.7 Å². The summed E-state index contributed by atoms with van der Waals surface area (Å²) >= 11 is 0. The summed E-state index contributed by atoms with van der Waals surface area (Å²) in [5.74, 6) is -0.506. The van der Waals surface area contributed by atoms with E-state index in [1.54, 1.807) is 4.68 Å². The second kappa shape index (κ2) is 9.41. The van der Waals surface area contributed by atoms with Crippen LogP contribution in [-0.2, 0) is 14.6 Å². The number of aromatic nitrogens is 4. The summed E-state index contributed by atoms with van der Waals surface area (Å²) in [7, 11) is -2.94. The van der Waals surface area contributed by atoms with Crippen molar-refractivity contribution >= 4 is 21.5 Å². The third-order valence-corrected chi connectivity index (χ3v) is 8.69. The number of sulfone groups is 1. The Balaban J connectivity index is 1.51. The Morgan fingerprint density at radius 1 is 1.00 bits per heavy atom. The van der Waals surface area contributed by atoms with Crippen molar-refractivity contribution in [3.8, 4) is 16.9 Å². The quantitative estimate of drug-likeness (QED) is 0.573. The third kappa shape index (κ3) is 4.93. The standard InChI is InChI=1S/C25H29N5O4S/c1-17-6-11-23(27-26-17)30-16-22(24(28-30)20-4-2-3-5-21(20)25(31)32)18-7-9-19(10-8-18)29-12-14-35(33,34)15-13-29/h6-11,16,20-21H,2-5,12-15H2,1H3,(H,31,32)/t20-,21-/m1/s1. The van der Waals surface area contributed by atoms with Crippen molar-refractivity contribution < 1.29 is 18.3 Å². The highest BCUT2D eigenvalue weighted by Gasteiger charge is 2.35. The van der Waals surface area contributed by atoms with E-state index >= 15 is 0 Å². The summed E-state index contributed by atoms with van der Waals surface area (Å²) in [5.41, 5.74) is 4.38. The number of rotatable bonds is 5. The van der Waals surface area contributed by atoms with Gasteiger partial charge in [-0.3, -0.25) is 4.79 Å². The summed E-state index contributed by atoms with van der Waals surface area (Å²) in [4.78, 5) is 14.1. The predicted octanol–water partition coefficient (Wildman–Crippen LogP) is 3.23. The lowest BCUT2D eigenvalue weighted by Gasteiger charge is -2.29. The van der Waals surface area contributed by atoms with Crippen molar-refractivity contribution in [2.75, 3.05) is 29.5 Å². The van der Waals surface area contributed by atoms with Crippen molar-refractivity contribution in [2.45, 2.75) is 38.5 Å². The first-order valence-electron chi connectivity index (χ1n) is 12.0. The molecule has 2 aromatic heterocycles. The van der Waals surface area contributed by atoms with Gasteiger partial charge in [0, 0.05) is 36.5 Å². The van der Waals surface area contributed by atoms with Gasteiger partial charge >= 0.3 is 5.97 Å². The second-order valence-electron chi connectivity index (χ2n) is 9.43. The van der Waals surface area contributed by atoms with Crippen LogP contribution in [0.1, 0.15) is 43.0 Å². The highest BCUT2D eigenvalue weighted by atomic mass is 32.2. The molecule has 2 aliphatic rings. The van der Waals surface area contributed by atoms with E-state index in [2.05, 4.69) is 15.1 Å². The van der Waals surface area contributed by atoms with Gasteiger partial charge in [0.1, 0.15) is 0 Å². The van der Waals surface area contributed by atoms with Gasteiger partial charge in [0.25, 0.3) is 0 Å². The Bertz CT molecular complexity index is 1300. The number of aliphatic carboxylic acids is 1. The number of carboxylic acids is 1. The molecule has 184 valence electrons. The third-order valence-electron chi connectivity index (χ3n) is 7.08. The van der Waals surface area contributed by atoms with Crippen molar-refractivity contribution in [3.63, 3.8) is 0 Å². The smallest absolute Gasteiger partial charge is 0.307 e. The Morgan fingerprint density at radius 3 is 2.37 bits per heavy atom. The maximum absolute atomic E-state index is 12.1. The zero-order valence-electron chi connectivity index (χ0n) is 19.7. The van der Waals surface area contributed by atoms with Gasteiger partial charge in [-0.05, 0) is 49.6 Å². The largest absolute Gasteiger partial charge is 0.481 e. The summed E-state index contributed by atoms with van der Waals surface area (Å²) in [6.45, 7) is 2.84. The maximum atomic E-state index is 12.1. The van der Waals surface area contributed by atoms with Crippen LogP contribution in [0.15, 0.2) is 42.6 Å². The fourth-order valence-electron chi connectivity index (χ4n) is 5.09. The molecule has 9 nitrogen and oxygen atoms in total. The fraction of sp³-hybridized carbons (Fsp3) is 0.440. The minimum atomic E-state index is -2.94. The number of anilines is 1. The summed E-state index contributed by atoms with van der Waals surface area (Å²) < 4.78 is 25.2. The number of hydrogen-bond donors (Lipinski definition) is 1. The van der Waals surface area contributed by atoms with Crippen molar-refractivity contribution in [3.05, 3.63) is 54.0 Å². The normalized spacial score (nSPS) is 22.1. The Hall–Kier alpha value is -3.27. The summed E-state index contributed by atoms with van der Waals surface area (Å²) in [6, 6.07) is 11.7. The molecule has 2 atom stereocenters. The lowest BCUT2D eigenvalue weighted by molar-refractivity contribution is -0.143. The van der Waals surface area contributed by atoms with E-state index in [1.165, 1.54) is 0 Å². The van der Waals surface area contributed by atoms with E-state index in [-0.39, 0.29) is 17.4 Å². The van der Waals surface area contributed by atoms with Crippen molar-refractivity contribution in [1.29, 1.82) is 0 Å². The van der Waals surface area contributed by atoms with Gasteiger partial charge in [-0.15, -0.1) is 5.10 Å². The number of nitrogens with zero attached hydrogens (tertiary/aromatic N) is 5. The van der Waals surface area contributed by atoms with Gasteiger partial charge in [0.2, 0.25) is 0 Å². The molecule has 1 saturated heterocycles.